The van der Waals surface area contributed by atoms with Crippen LogP contribution in [0.3, 0.4) is 0 Å². The Morgan fingerprint density at radius 3 is 1.97 bits per heavy atom. The molecule has 0 bridgehead atoms. The van der Waals surface area contributed by atoms with Gasteiger partial charge in [0.25, 0.3) is 11.6 Å². The van der Waals surface area contributed by atoms with E-state index in [4.69, 9.17) is 46.4 Å². The first-order valence-corrected chi connectivity index (χ1v) is 9.73. The molecule has 0 atom stereocenters. The zero-order valence-electron chi connectivity index (χ0n) is 14.8. The highest BCUT2D eigenvalue weighted by Crippen LogP contribution is 2.33. The van der Waals surface area contributed by atoms with Crippen molar-refractivity contribution in [3.05, 3.63) is 101 Å². The maximum absolute atomic E-state index is 12.7. The molecule has 0 aliphatic heterocycles. The topological polar surface area (TPSA) is 89.3 Å². The molecule has 0 aromatic heterocycles. The molecule has 0 saturated heterocycles. The Morgan fingerprint density at radius 1 is 0.833 bits per heavy atom. The minimum atomic E-state index is -0.818. The molecule has 3 aromatic carbocycles. The number of benzene rings is 3. The van der Waals surface area contributed by atoms with Crippen LogP contribution >= 0.6 is 46.4 Å². The van der Waals surface area contributed by atoms with Gasteiger partial charge in [0.15, 0.2) is 5.78 Å². The fourth-order valence-corrected chi connectivity index (χ4v) is 3.33. The summed E-state index contributed by atoms with van der Waals surface area (Å²) in [6.45, 7) is 0. The number of anilines is 1. The third-order valence-electron chi connectivity index (χ3n) is 4.05. The number of nitro benzene ring substituents is 1. The van der Waals surface area contributed by atoms with E-state index >= 15 is 0 Å². The predicted molar refractivity (Wildman–Crippen MR) is 117 cm³/mol. The molecule has 3 aromatic rings. The molecule has 0 saturated carbocycles. The van der Waals surface area contributed by atoms with E-state index in [-0.39, 0.29) is 31.9 Å². The molecule has 10 heteroatoms. The number of nitro groups is 1. The van der Waals surface area contributed by atoms with Gasteiger partial charge < -0.3 is 5.32 Å². The van der Waals surface area contributed by atoms with Crippen molar-refractivity contribution in [2.45, 2.75) is 0 Å². The second-order valence-corrected chi connectivity index (χ2v) is 7.66. The molecule has 0 radical (unpaired) electrons. The van der Waals surface area contributed by atoms with Gasteiger partial charge in [0, 0.05) is 27.9 Å². The molecule has 0 fully saturated rings. The van der Waals surface area contributed by atoms with Gasteiger partial charge in [-0.3, -0.25) is 19.7 Å². The number of carbonyl (C=O) groups is 2. The van der Waals surface area contributed by atoms with Crippen LogP contribution in [0.15, 0.2) is 54.6 Å². The van der Waals surface area contributed by atoms with Crippen molar-refractivity contribution in [1.29, 1.82) is 0 Å². The number of hydrogen-bond donors (Lipinski definition) is 1. The van der Waals surface area contributed by atoms with Crippen LogP contribution < -0.4 is 5.32 Å². The van der Waals surface area contributed by atoms with Gasteiger partial charge in [0.1, 0.15) is 5.56 Å². The van der Waals surface area contributed by atoms with Gasteiger partial charge in [0.05, 0.1) is 20.0 Å². The summed E-state index contributed by atoms with van der Waals surface area (Å²) in [5, 5.41) is 14.6. The highest BCUT2D eigenvalue weighted by atomic mass is 35.5. The Labute approximate surface area is 190 Å². The fourth-order valence-electron chi connectivity index (χ4n) is 2.61. The molecule has 0 aliphatic rings. The average molecular weight is 484 g/mol. The molecule has 0 aliphatic carbocycles. The normalized spacial score (nSPS) is 10.5. The van der Waals surface area contributed by atoms with Gasteiger partial charge in [-0.25, -0.2) is 0 Å². The third-order valence-corrected chi connectivity index (χ3v) is 5.50. The van der Waals surface area contributed by atoms with Gasteiger partial charge >= 0.3 is 0 Å². The number of nitrogens with one attached hydrogen (secondary N) is 1. The maximum atomic E-state index is 12.7. The number of amides is 1. The largest absolute Gasteiger partial charge is 0.322 e. The summed E-state index contributed by atoms with van der Waals surface area (Å²) < 4.78 is 0. The fraction of sp³-hybridized carbons (Fsp3) is 0. The lowest BCUT2D eigenvalue weighted by atomic mass is 10.00. The summed E-state index contributed by atoms with van der Waals surface area (Å²) in [7, 11) is 0. The van der Waals surface area contributed by atoms with Crippen LogP contribution in [0.4, 0.5) is 11.4 Å². The van der Waals surface area contributed by atoms with E-state index in [0.29, 0.717) is 10.6 Å². The number of hydrogen-bond acceptors (Lipinski definition) is 4. The van der Waals surface area contributed by atoms with Crippen molar-refractivity contribution in [3.63, 3.8) is 0 Å². The molecule has 3 rings (SSSR count). The SMILES string of the molecule is O=C(c1ccc(Cl)cc1)c1ccc([N+](=O)[O-])c(C(=O)Nc2cc(Cl)c(Cl)c(Cl)c2)c1. The van der Waals surface area contributed by atoms with Crippen LogP contribution in [0.5, 0.6) is 0 Å². The standard InChI is InChI=1S/C20H10Cl4N2O4/c21-12-4-1-10(2-5-12)19(27)11-3-6-17(26(29)30)14(7-11)20(28)25-13-8-15(22)18(24)16(23)9-13/h1-9H,(H,25,28). The van der Waals surface area contributed by atoms with Gasteiger partial charge in [-0.2, -0.15) is 0 Å². The lowest BCUT2D eigenvalue weighted by Crippen LogP contribution is -2.15. The quantitative estimate of drug-likeness (QED) is 0.189. The Morgan fingerprint density at radius 2 is 1.40 bits per heavy atom. The van der Waals surface area contributed by atoms with Gasteiger partial charge in [0.2, 0.25) is 0 Å². The number of carbonyl (C=O) groups excluding carboxylic acids is 2. The highest BCUT2D eigenvalue weighted by molar-refractivity contribution is 6.48. The summed E-state index contributed by atoms with van der Waals surface area (Å²) in [6.07, 6.45) is 0. The van der Waals surface area contributed by atoms with E-state index in [0.717, 1.165) is 12.1 Å². The van der Waals surface area contributed by atoms with E-state index in [1.807, 2.05) is 0 Å². The summed E-state index contributed by atoms with van der Waals surface area (Å²) in [4.78, 5) is 36.1. The lowest BCUT2D eigenvalue weighted by molar-refractivity contribution is -0.385. The second-order valence-electron chi connectivity index (χ2n) is 6.03. The van der Waals surface area contributed by atoms with Crippen molar-refractivity contribution in [2.24, 2.45) is 0 Å². The zero-order chi connectivity index (χ0) is 22.0. The number of halogens is 4. The van der Waals surface area contributed by atoms with Crippen LogP contribution in [-0.2, 0) is 0 Å². The average Bonchev–Trinajstić information content (AvgIpc) is 2.71. The Kier molecular flexibility index (Phi) is 6.63. The molecule has 1 amide bonds. The van der Waals surface area contributed by atoms with E-state index in [9.17, 15) is 19.7 Å². The van der Waals surface area contributed by atoms with Crippen LogP contribution in [0.2, 0.25) is 20.1 Å². The van der Waals surface area contributed by atoms with Crippen molar-refractivity contribution in [2.75, 3.05) is 5.32 Å². The Bertz CT molecular complexity index is 1160. The Hall–Kier alpha value is -2.64. The van der Waals surface area contributed by atoms with E-state index in [1.54, 1.807) is 12.1 Å². The molecular weight excluding hydrogens is 474 g/mol. The summed E-state index contributed by atoms with van der Waals surface area (Å²) in [5.41, 5.74) is -0.174. The number of ketones is 1. The van der Waals surface area contributed by atoms with Crippen LogP contribution in [0.1, 0.15) is 26.3 Å². The first kappa shape index (κ1) is 22.1. The Balaban J connectivity index is 1.98. The van der Waals surface area contributed by atoms with Crippen molar-refractivity contribution < 1.29 is 14.5 Å². The number of rotatable bonds is 5. The summed E-state index contributed by atoms with van der Waals surface area (Å²) in [6, 6.07) is 12.4. The van der Waals surface area contributed by atoms with Crippen LogP contribution in [0, 0.1) is 10.1 Å². The first-order valence-electron chi connectivity index (χ1n) is 8.22. The molecule has 0 spiro atoms. The lowest BCUT2D eigenvalue weighted by Gasteiger charge is -2.09. The van der Waals surface area contributed by atoms with Crippen molar-refractivity contribution in [3.8, 4) is 0 Å². The van der Waals surface area contributed by atoms with E-state index in [2.05, 4.69) is 5.32 Å². The number of nitrogens with zero attached hydrogens (tertiary/aromatic N) is 1. The molecule has 0 heterocycles. The second kappa shape index (κ2) is 9.02. The minimum Gasteiger partial charge on any atom is -0.322 e. The summed E-state index contributed by atoms with van der Waals surface area (Å²) >= 11 is 23.6. The zero-order valence-corrected chi connectivity index (χ0v) is 17.8. The molecular formula is C20H10Cl4N2O4. The van der Waals surface area contributed by atoms with Crippen LogP contribution in [0.25, 0.3) is 0 Å². The smallest absolute Gasteiger partial charge is 0.282 e. The molecule has 6 nitrogen and oxygen atoms in total. The predicted octanol–water partition coefficient (Wildman–Crippen LogP) is 6.69. The molecule has 1 N–H and O–H groups in total. The van der Waals surface area contributed by atoms with E-state index < -0.39 is 22.3 Å². The molecule has 30 heavy (non-hydrogen) atoms. The van der Waals surface area contributed by atoms with Gasteiger partial charge in [-0.05, 0) is 48.5 Å². The van der Waals surface area contributed by atoms with Gasteiger partial charge in [-0.1, -0.05) is 46.4 Å². The third kappa shape index (κ3) is 4.74. The van der Waals surface area contributed by atoms with E-state index in [1.165, 1.54) is 30.3 Å². The molecule has 0 unspecified atom stereocenters. The summed E-state index contributed by atoms with van der Waals surface area (Å²) in [5.74, 6) is -1.24. The van der Waals surface area contributed by atoms with Crippen molar-refractivity contribution in [1.82, 2.24) is 0 Å². The first-order chi connectivity index (χ1) is 14.2. The highest BCUT2D eigenvalue weighted by Gasteiger charge is 2.23. The van der Waals surface area contributed by atoms with Crippen molar-refractivity contribution >= 4 is 69.5 Å². The monoisotopic (exact) mass is 482 g/mol. The maximum Gasteiger partial charge on any atom is 0.282 e. The van der Waals surface area contributed by atoms with Gasteiger partial charge in [-0.15, -0.1) is 0 Å². The minimum absolute atomic E-state index is 0.0974. The molecule has 152 valence electrons. The van der Waals surface area contributed by atoms with Crippen LogP contribution in [-0.4, -0.2) is 16.6 Å².